The van der Waals surface area contributed by atoms with E-state index < -0.39 is 28.9 Å². The van der Waals surface area contributed by atoms with E-state index in [1.807, 2.05) is 18.2 Å². The predicted molar refractivity (Wildman–Crippen MR) is 128 cm³/mol. The second-order valence-electron chi connectivity index (χ2n) is 7.79. The normalized spacial score (nSPS) is 12.7. The Morgan fingerprint density at radius 3 is 2.50 bits per heavy atom. The van der Waals surface area contributed by atoms with Crippen molar-refractivity contribution in [2.75, 3.05) is 39.5 Å². The van der Waals surface area contributed by atoms with Crippen LogP contribution < -0.4 is 14.9 Å². The van der Waals surface area contributed by atoms with Crippen molar-refractivity contribution >= 4 is 27.5 Å². The number of carbonyl (C=O) groups is 1. The topological polar surface area (TPSA) is 110 Å². The second-order valence-corrected chi connectivity index (χ2v) is 8.78. The summed E-state index contributed by atoms with van der Waals surface area (Å²) in [6, 6.07) is 12.5. The molecule has 1 atom stereocenters. The minimum absolute atomic E-state index is 0.0708. The Morgan fingerprint density at radius 1 is 1.06 bits per heavy atom. The molecule has 0 aliphatic heterocycles. The van der Waals surface area contributed by atoms with Crippen LogP contribution in [-0.2, 0) is 20.7 Å². The van der Waals surface area contributed by atoms with Crippen LogP contribution in [-0.4, -0.2) is 61.8 Å². The number of aromatic nitrogens is 1. The number of ether oxygens (including phenoxy) is 3. The monoisotopic (exact) mass is 528 g/mol. The van der Waals surface area contributed by atoms with Crippen LogP contribution in [0, 0.1) is 0 Å². The van der Waals surface area contributed by atoms with Gasteiger partial charge in [-0.25, -0.2) is 4.79 Å². The summed E-state index contributed by atoms with van der Waals surface area (Å²) in [6.45, 7) is 2.82. The Kier molecular flexibility index (Phi) is 10.4. The molecule has 36 heavy (non-hydrogen) atoms. The molecule has 0 spiro atoms. The number of hydrogen-bond acceptors (Lipinski definition) is 8. The summed E-state index contributed by atoms with van der Waals surface area (Å²) in [6.07, 6.45) is -4.68. The summed E-state index contributed by atoms with van der Waals surface area (Å²) in [5.74, 6) is -2.83. The van der Waals surface area contributed by atoms with E-state index in [1.54, 1.807) is 0 Å². The third-order valence-corrected chi connectivity index (χ3v) is 6.03. The van der Waals surface area contributed by atoms with Crippen LogP contribution >= 0.6 is 11.3 Å². The molecule has 12 heteroatoms. The van der Waals surface area contributed by atoms with Crippen LogP contribution in [0.15, 0.2) is 47.3 Å². The van der Waals surface area contributed by atoms with Gasteiger partial charge >= 0.3 is 17.0 Å². The number of fused-ring (bicyclic) bond motifs is 1. The SMILES string of the molecule is O=C(Oc1ccc([C@@H](O)CNCCCOCCOCCc2ccccc2)c2sc(=O)[nH]c12)C(F)(F)F. The molecule has 3 aromatic rings. The van der Waals surface area contributed by atoms with Crippen molar-refractivity contribution in [3.8, 4) is 5.75 Å². The number of aliphatic hydroxyl groups is 1. The number of H-pyrrole nitrogens is 1. The summed E-state index contributed by atoms with van der Waals surface area (Å²) < 4.78 is 53.2. The average molecular weight is 529 g/mol. The predicted octanol–water partition coefficient (Wildman–Crippen LogP) is 3.35. The molecule has 0 amide bonds. The average Bonchev–Trinajstić information content (AvgIpc) is 3.24. The molecule has 0 saturated carbocycles. The van der Waals surface area contributed by atoms with Crippen molar-refractivity contribution in [3.05, 3.63) is 63.3 Å². The summed E-state index contributed by atoms with van der Waals surface area (Å²) in [5.41, 5.74) is 1.48. The van der Waals surface area contributed by atoms with E-state index in [4.69, 9.17) is 9.47 Å². The van der Waals surface area contributed by atoms with Gasteiger partial charge in [-0.05, 0) is 31.0 Å². The van der Waals surface area contributed by atoms with Crippen LogP contribution in [0.4, 0.5) is 13.2 Å². The highest BCUT2D eigenvalue weighted by Crippen LogP contribution is 2.33. The maximum Gasteiger partial charge on any atom is 0.491 e. The van der Waals surface area contributed by atoms with Crippen molar-refractivity contribution in [2.24, 2.45) is 0 Å². The molecule has 0 aliphatic carbocycles. The van der Waals surface area contributed by atoms with Gasteiger partial charge < -0.3 is 29.6 Å². The maximum atomic E-state index is 12.5. The minimum atomic E-state index is -5.18. The highest BCUT2D eigenvalue weighted by atomic mass is 32.1. The Balaban J connectivity index is 1.35. The first-order valence-electron chi connectivity index (χ1n) is 11.3. The summed E-state index contributed by atoms with van der Waals surface area (Å²) in [5, 5.41) is 13.6. The fraction of sp³-hybridized carbons (Fsp3) is 0.417. The van der Waals surface area contributed by atoms with Crippen molar-refractivity contribution in [2.45, 2.75) is 25.1 Å². The number of alkyl halides is 3. The van der Waals surface area contributed by atoms with Crippen LogP contribution in [0.3, 0.4) is 0 Å². The number of nitrogens with one attached hydrogen (secondary N) is 2. The van der Waals surface area contributed by atoms with Crippen LogP contribution in [0.1, 0.15) is 23.7 Å². The standard InChI is InChI=1S/C24H27F3N2O6S/c25-24(26,27)22(31)35-19-8-7-17(21-20(19)29-23(32)36-21)18(30)15-28-10-4-11-33-13-14-34-12-9-16-5-2-1-3-6-16/h1-3,5-8,18,28,30H,4,9-15H2,(H,29,32)/t18-/m0/s1. The first kappa shape index (κ1) is 27.8. The van der Waals surface area contributed by atoms with Crippen LogP contribution in [0.5, 0.6) is 5.75 Å². The van der Waals surface area contributed by atoms with Gasteiger partial charge in [0.05, 0.1) is 30.6 Å². The van der Waals surface area contributed by atoms with Gasteiger partial charge in [0.25, 0.3) is 0 Å². The van der Waals surface area contributed by atoms with Gasteiger partial charge in [0, 0.05) is 18.7 Å². The number of carbonyl (C=O) groups excluding carboxylic acids is 1. The number of aromatic amines is 1. The van der Waals surface area contributed by atoms with E-state index in [0.717, 1.165) is 12.5 Å². The van der Waals surface area contributed by atoms with E-state index >= 15 is 0 Å². The molecule has 1 heterocycles. The number of rotatable bonds is 14. The third-order valence-electron chi connectivity index (χ3n) is 5.09. The number of esters is 1. The molecule has 0 unspecified atom stereocenters. The van der Waals surface area contributed by atoms with Crippen molar-refractivity contribution in [1.29, 1.82) is 0 Å². The molecular weight excluding hydrogens is 501 g/mol. The minimum Gasteiger partial charge on any atom is -0.418 e. The van der Waals surface area contributed by atoms with Crippen LogP contribution in [0.25, 0.3) is 10.2 Å². The highest BCUT2D eigenvalue weighted by molar-refractivity contribution is 7.16. The summed E-state index contributed by atoms with van der Waals surface area (Å²) in [4.78, 5) is 24.8. The Bertz CT molecular complexity index is 1170. The fourth-order valence-electron chi connectivity index (χ4n) is 3.34. The fourth-order valence-corrected chi connectivity index (χ4v) is 4.25. The smallest absolute Gasteiger partial charge is 0.418 e. The van der Waals surface area contributed by atoms with E-state index in [-0.39, 0.29) is 16.8 Å². The van der Waals surface area contributed by atoms with Crippen LogP contribution in [0.2, 0.25) is 0 Å². The number of thiazole rings is 1. The Labute approximate surface area is 209 Å². The lowest BCUT2D eigenvalue weighted by Gasteiger charge is -2.14. The molecule has 0 aliphatic rings. The molecule has 2 aromatic carbocycles. The lowest BCUT2D eigenvalue weighted by atomic mass is 10.1. The largest absolute Gasteiger partial charge is 0.491 e. The molecule has 8 nitrogen and oxygen atoms in total. The quantitative estimate of drug-likeness (QED) is 0.167. The second kappa shape index (κ2) is 13.5. The molecule has 0 saturated heterocycles. The lowest BCUT2D eigenvalue weighted by Crippen LogP contribution is -2.28. The van der Waals surface area contributed by atoms with Gasteiger partial charge in [-0.3, -0.25) is 4.79 Å². The van der Waals surface area contributed by atoms with Crippen molar-refractivity contribution in [1.82, 2.24) is 10.3 Å². The molecular formula is C24H27F3N2O6S. The molecule has 0 fully saturated rings. The number of halogens is 3. The zero-order chi connectivity index (χ0) is 26.0. The number of aliphatic hydroxyl groups excluding tert-OH is 1. The number of hydrogen-bond donors (Lipinski definition) is 3. The highest BCUT2D eigenvalue weighted by Gasteiger charge is 2.41. The maximum absolute atomic E-state index is 12.5. The molecule has 3 N–H and O–H groups in total. The Hall–Kier alpha value is -2.77. The first-order valence-corrected chi connectivity index (χ1v) is 12.1. The number of benzene rings is 2. The summed E-state index contributed by atoms with van der Waals surface area (Å²) >= 11 is 0.710. The molecule has 3 rings (SSSR count). The van der Waals surface area contributed by atoms with Gasteiger partial charge in [0.2, 0.25) is 0 Å². The van der Waals surface area contributed by atoms with E-state index in [1.165, 1.54) is 11.6 Å². The van der Waals surface area contributed by atoms with Crippen molar-refractivity contribution in [3.63, 3.8) is 0 Å². The van der Waals surface area contributed by atoms with E-state index in [0.29, 0.717) is 56.3 Å². The van der Waals surface area contributed by atoms with Gasteiger partial charge in [-0.15, -0.1) is 0 Å². The Morgan fingerprint density at radius 2 is 1.78 bits per heavy atom. The molecule has 0 radical (unpaired) electrons. The zero-order valence-corrected chi connectivity index (χ0v) is 20.1. The zero-order valence-electron chi connectivity index (χ0n) is 19.3. The summed E-state index contributed by atoms with van der Waals surface area (Å²) in [7, 11) is 0. The molecule has 0 bridgehead atoms. The van der Waals surface area contributed by atoms with Gasteiger partial charge in [-0.2, -0.15) is 13.2 Å². The first-order chi connectivity index (χ1) is 17.3. The lowest BCUT2D eigenvalue weighted by molar-refractivity contribution is -0.189. The van der Waals surface area contributed by atoms with Crippen molar-refractivity contribution < 1.29 is 37.3 Å². The van der Waals surface area contributed by atoms with E-state index in [2.05, 4.69) is 27.2 Å². The van der Waals surface area contributed by atoms with Gasteiger partial charge in [-0.1, -0.05) is 47.7 Å². The molecule has 196 valence electrons. The van der Waals surface area contributed by atoms with Gasteiger partial charge in [0.1, 0.15) is 5.52 Å². The molecule has 1 aromatic heterocycles. The van der Waals surface area contributed by atoms with Gasteiger partial charge in [0.15, 0.2) is 5.75 Å². The third kappa shape index (κ3) is 8.42. The van der Waals surface area contributed by atoms with E-state index in [9.17, 15) is 27.9 Å².